The van der Waals surface area contributed by atoms with Crippen molar-refractivity contribution in [1.29, 1.82) is 5.26 Å². The van der Waals surface area contributed by atoms with E-state index in [9.17, 15) is 10.1 Å². The van der Waals surface area contributed by atoms with Gasteiger partial charge in [0.1, 0.15) is 11.5 Å². The number of nitrogens with zero attached hydrogens (tertiary/aromatic N) is 3. The lowest BCUT2D eigenvalue weighted by Crippen LogP contribution is -2.47. The Balaban J connectivity index is 1.68. The number of allylic oxidation sites excluding steroid dienone is 1. The summed E-state index contributed by atoms with van der Waals surface area (Å²) < 4.78 is 10.8. The number of hydrogen-bond donors (Lipinski definition) is 0. The van der Waals surface area contributed by atoms with Crippen LogP contribution in [0.2, 0.25) is 5.02 Å². The number of anilines is 1. The molecule has 8 heteroatoms. The second-order valence-electron chi connectivity index (χ2n) is 6.95. The lowest BCUT2D eigenvalue weighted by molar-refractivity contribution is -0.129. The van der Waals surface area contributed by atoms with E-state index in [4.69, 9.17) is 21.1 Å². The number of benzene rings is 2. The third-order valence-electron chi connectivity index (χ3n) is 5.30. The molecule has 0 N–H and O–H groups in total. The molecule has 0 aromatic heterocycles. The first-order chi connectivity index (χ1) is 14.5. The summed E-state index contributed by atoms with van der Waals surface area (Å²) in [6.07, 6.45) is 0.212. The fourth-order valence-electron chi connectivity index (χ4n) is 3.75. The fraction of sp³-hybridized carbons (Fsp3) is 0.273. The van der Waals surface area contributed by atoms with Crippen LogP contribution in [0.3, 0.4) is 0 Å². The lowest BCUT2D eigenvalue weighted by atomic mass is 9.86. The Morgan fingerprint density at radius 1 is 1.17 bits per heavy atom. The van der Waals surface area contributed by atoms with Crippen molar-refractivity contribution in [2.75, 3.05) is 31.7 Å². The fourth-order valence-corrected chi connectivity index (χ4v) is 5.04. The Labute approximate surface area is 184 Å². The smallest absolute Gasteiger partial charge is 0.229 e. The second kappa shape index (κ2) is 8.50. The first-order valence-electron chi connectivity index (χ1n) is 9.35. The largest absolute Gasteiger partial charge is 0.497 e. The monoisotopic (exact) mass is 441 g/mol. The summed E-state index contributed by atoms with van der Waals surface area (Å²) in [6, 6.07) is 15.4. The molecule has 2 aromatic rings. The van der Waals surface area contributed by atoms with E-state index in [1.807, 2.05) is 36.4 Å². The third kappa shape index (κ3) is 3.69. The van der Waals surface area contributed by atoms with E-state index < -0.39 is 0 Å². The molecule has 1 unspecified atom stereocenters. The Kier molecular flexibility index (Phi) is 5.80. The number of carbonyl (C=O) groups is 1. The number of hydrogen-bond acceptors (Lipinski definition) is 6. The Morgan fingerprint density at radius 3 is 2.60 bits per heavy atom. The summed E-state index contributed by atoms with van der Waals surface area (Å²) in [5.74, 6) is 1.55. The number of rotatable bonds is 4. The molecule has 1 fully saturated rings. The zero-order valence-electron chi connectivity index (χ0n) is 16.6. The number of fused-ring (bicyclic) bond motifs is 1. The van der Waals surface area contributed by atoms with Crippen LogP contribution in [0.4, 0.5) is 5.69 Å². The van der Waals surface area contributed by atoms with Crippen molar-refractivity contribution in [2.45, 2.75) is 12.3 Å². The molecule has 0 bridgehead atoms. The predicted molar refractivity (Wildman–Crippen MR) is 118 cm³/mol. The number of halogens is 1. The van der Waals surface area contributed by atoms with E-state index >= 15 is 0 Å². The van der Waals surface area contributed by atoms with Gasteiger partial charge in [-0.3, -0.25) is 9.69 Å². The Hall–Kier alpha value is -2.82. The molecule has 30 heavy (non-hydrogen) atoms. The molecular weight excluding hydrogens is 422 g/mol. The average molecular weight is 442 g/mol. The lowest BCUT2D eigenvalue weighted by Gasteiger charge is -2.42. The van der Waals surface area contributed by atoms with Gasteiger partial charge < -0.3 is 14.4 Å². The van der Waals surface area contributed by atoms with Crippen LogP contribution in [0.25, 0.3) is 0 Å². The van der Waals surface area contributed by atoms with E-state index in [2.05, 4.69) is 11.0 Å². The maximum Gasteiger partial charge on any atom is 0.229 e. The average Bonchev–Trinajstić information content (AvgIpc) is 2.79. The quantitative estimate of drug-likeness (QED) is 0.692. The highest BCUT2D eigenvalue weighted by molar-refractivity contribution is 8.03. The topological polar surface area (TPSA) is 65.8 Å². The molecular formula is C22H20ClN3O3S. The number of methoxy groups -OCH3 is 2. The number of thioether (sulfide) groups is 1. The molecule has 1 amide bonds. The van der Waals surface area contributed by atoms with Gasteiger partial charge in [0.05, 0.1) is 43.4 Å². The highest BCUT2D eigenvalue weighted by atomic mass is 35.5. The van der Waals surface area contributed by atoms with Gasteiger partial charge in [0.15, 0.2) is 0 Å². The molecule has 0 radical (unpaired) electrons. The first-order valence-corrected chi connectivity index (χ1v) is 10.7. The van der Waals surface area contributed by atoms with Gasteiger partial charge in [-0.1, -0.05) is 29.4 Å². The highest BCUT2D eigenvalue weighted by Crippen LogP contribution is 2.45. The molecule has 0 spiro atoms. The molecule has 0 saturated carbocycles. The van der Waals surface area contributed by atoms with Crippen molar-refractivity contribution in [3.8, 4) is 17.6 Å². The molecule has 6 nitrogen and oxygen atoms in total. The summed E-state index contributed by atoms with van der Waals surface area (Å²) in [5, 5.41) is 11.4. The normalized spacial score (nSPS) is 18.7. The molecule has 4 rings (SSSR count). The molecule has 2 aliphatic rings. The van der Waals surface area contributed by atoms with E-state index in [0.29, 0.717) is 34.6 Å². The molecule has 154 valence electrons. The maximum absolute atomic E-state index is 13.1. The van der Waals surface area contributed by atoms with Crippen molar-refractivity contribution in [1.82, 2.24) is 4.90 Å². The minimum absolute atomic E-state index is 0.0157. The second-order valence-corrected chi connectivity index (χ2v) is 8.32. The summed E-state index contributed by atoms with van der Waals surface area (Å²) >= 11 is 7.49. The summed E-state index contributed by atoms with van der Waals surface area (Å²) in [4.78, 5) is 16.9. The number of nitriles is 1. The minimum atomic E-state index is -0.343. The molecule has 0 aliphatic carbocycles. The molecule has 1 atom stereocenters. The van der Waals surface area contributed by atoms with Crippen LogP contribution in [0.1, 0.15) is 17.9 Å². The first kappa shape index (κ1) is 20.5. The van der Waals surface area contributed by atoms with Crippen molar-refractivity contribution >= 4 is 35.0 Å². The van der Waals surface area contributed by atoms with Crippen LogP contribution >= 0.6 is 23.4 Å². The highest BCUT2D eigenvalue weighted by Gasteiger charge is 2.39. The van der Waals surface area contributed by atoms with Gasteiger partial charge in [0, 0.05) is 34.7 Å². The Bertz CT molecular complexity index is 1050. The number of amides is 1. The maximum atomic E-state index is 13.1. The van der Waals surface area contributed by atoms with Crippen molar-refractivity contribution in [3.63, 3.8) is 0 Å². The van der Waals surface area contributed by atoms with Crippen LogP contribution < -0.4 is 14.4 Å². The van der Waals surface area contributed by atoms with Gasteiger partial charge in [0.2, 0.25) is 5.91 Å². The molecule has 1 saturated heterocycles. The Morgan fingerprint density at radius 2 is 1.93 bits per heavy atom. The summed E-state index contributed by atoms with van der Waals surface area (Å²) in [7, 11) is 3.16. The summed E-state index contributed by atoms with van der Waals surface area (Å²) in [5.41, 5.74) is 2.39. The third-order valence-corrected chi connectivity index (χ3v) is 6.71. The van der Waals surface area contributed by atoms with Crippen LogP contribution in [-0.2, 0) is 4.79 Å². The van der Waals surface area contributed by atoms with E-state index in [0.717, 1.165) is 16.3 Å². The van der Waals surface area contributed by atoms with Gasteiger partial charge in [-0.2, -0.15) is 5.26 Å². The van der Waals surface area contributed by atoms with Crippen LogP contribution in [0.15, 0.2) is 53.1 Å². The van der Waals surface area contributed by atoms with Crippen LogP contribution in [0, 0.1) is 11.3 Å². The van der Waals surface area contributed by atoms with Crippen LogP contribution in [0.5, 0.6) is 11.5 Å². The van der Waals surface area contributed by atoms with Crippen molar-refractivity contribution < 1.29 is 14.3 Å². The van der Waals surface area contributed by atoms with Gasteiger partial charge in [-0.25, -0.2) is 0 Å². The van der Waals surface area contributed by atoms with Gasteiger partial charge in [0.25, 0.3) is 0 Å². The van der Waals surface area contributed by atoms with Gasteiger partial charge in [-0.05, 0) is 30.3 Å². The zero-order chi connectivity index (χ0) is 21.3. The van der Waals surface area contributed by atoms with Gasteiger partial charge in [-0.15, -0.1) is 0 Å². The summed E-state index contributed by atoms with van der Waals surface area (Å²) in [6.45, 7) is 0.403. The minimum Gasteiger partial charge on any atom is -0.497 e. The molecule has 2 aromatic carbocycles. The van der Waals surface area contributed by atoms with E-state index in [1.165, 1.54) is 11.8 Å². The zero-order valence-corrected chi connectivity index (χ0v) is 18.2. The van der Waals surface area contributed by atoms with E-state index in [1.54, 1.807) is 25.2 Å². The molecule has 2 aliphatic heterocycles. The molecule has 2 heterocycles. The number of carbonyl (C=O) groups excluding carboxylic acids is 1. The SMILES string of the molecule is COc1ccc(C2CC(=O)N3CN(c4ccc(Cl)cc4)CSC3=C2C#N)c(OC)c1. The van der Waals surface area contributed by atoms with Crippen molar-refractivity contribution in [3.05, 3.63) is 63.7 Å². The predicted octanol–water partition coefficient (Wildman–Crippen LogP) is 4.58. The number of ether oxygens (including phenoxy) is 2. The van der Waals surface area contributed by atoms with Gasteiger partial charge >= 0.3 is 0 Å². The standard InChI is InChI=1S/C22H20ClN3O3S/c1-28-16-7-8-17(20(9-16)29-2)18-10-21(27)26-12-25(13-30-22(26)19(18)11-24)15-5-3-14(23)4-6-15/h3-9,18H,10,12-13H2,1-2H3. The van der Waals surface area contributed by atoms with Crippen molar-refractivity contribution in [2.24, 2.45) is 0 Å². The van der Waals surface area contributed by atoms with E-state index in [-0.39, 0.29) is 18.2 Å². The van der Waals surface area contributed by atoms with Crippen LogP contribution in [-0.4, -0.2) is 37.6 Å².